The molecule has 2 aromatic rings. The van der Waals surface area contributed by atoms with E-state index in [1.807, 2.05) is 6.07 Å². The molecule has 1 aliphatic carbocycles. The summed E-state index contributed by atoms with van der Waals surface area (Å²) in [6, 6.07) is 10.1. The Bertz CT molecular complexity index is 955. The number of fused-ring (bicyclic) bond motifs is 1. The Labute approximate surface area is 185 Å². The standard InChI is InChI=1S/C22H26ClN3O3S/c1-22(2,25-21(28)29-19-8-7-18(23)30-19)20(27)24-16-4-3-14-9-11-26(17-5-6-17)12-10-15(14)13-16/h3-4,7-8,13,17H,5-6,9-12H2,1-2H3,(H,24,27)(H,25,28). The summed E-state index contributed by atoms with van der Waals surface area (Å²) in [6.45, 7) is 5.46. The van der Waals surface area contributed by atoms with Gasteiger partial charge in [-0.1, -0.05) is 29.0 Å². The molecule has 2 amide bonds. The minimum absolute atomic E-state index is 0.308. The molecule has 0 saturated heterocycles. The SMILES string of the molecule is CC(C)(NC(=O)Oc1ccc(Cl)s1)C(=O)Nc1ccc2c(c1)CCN(C1CC1)CC2. The average molecular weight is 448 g/mol. The fourth-order valence-corrected chi connectivity index (χ4v) is 4.57. The third kappa shape index (κ3) is 5.14. The van der Waals surface area contributed by atoms with Crippen molar-refractivity contribution < 1.29 is 14.3 Å². The zero-order valence-electron chi connectivity index (χ0n) is 17.2. The molecule has 8 heteroatoms. The molecule has 1 saturated carbocycles. The van der Waals surface area contributed by atoms with Gasteiger partial charge >= 0.3 is 6.09 Å². The minimum atomic E-state index is -1.15. The van der Waals surface area contributed by atoms with E-state index in [9.17, 15) is 9.59 Å². The maximum atomic E-state index is 12.8. The number of carbonyl (C=O) groups is 2. The van der Waals surface area contributed by atoms with Gasteiger partial charge < -0.3 is 15.4 Å². The molecule has 0 spiro atoms. The number of anilines is 1. The lowest BCUT2D eigenvalue weighted by Crippen LogP contribution is -2.53. The Balaban J connectivity index is 1.36. The Kier molecular flexibility index (Phi) is 6.04. The Hall–Kier alpha value is -2.09. The van der Waals surface area contributed by atoms with Crippen LogP contribution >= 0.6 is 22.9 Å². The molecule has 1 aliphatic heterocycles. The van der Waals surface area contributed by atoms with Crippen LogP contribution in [0.25, 0.3) is 0 Å². The minimum Gasteiger partial charge on any atom is -0.399 e. The van der Waals surface area contributed by atoms with Crippen LogP contribution in [0.1, 0.15) is 37.8 Å². The molecule has 1 aromatic carbocycles. The summed E-state index contributed by atoms with van der Waals surface area (Å²) in [5.74, 6) is -0.308. The molecule has 2 heterocycles. The zero-order valence-corrected chi connectivity index (χ0v) is 18.7. The molecule has 2 N–H and O–H groups in total. The maximum Gasteiger partial charge on any atom is 0.414 e. The number of hydrogen-bond acceptors (Lipinski definition) is 5. The highest BCUT2D eigenvalue weighted by Gasteiger charge is 2.32. The average Bonchev–Trinajstić information content (AvgIpc) is 3.46. The molecular weight excluding hydrogens is 422 g/mol. The zero-order chi connectivity index (χ0) is 21.3. The van der Waals surface area contributed by atoms with E-state index in [0.717, 1.165) is 49.0 Å². The molecule has 1 aromatic heterocycles. The summed E-state index contributed by atoms with van der Waals surface area (Å²) >= 11 is 7.00. The van der Waals surface area contributed by atoms with Gasteiger partial charge in [0.15, 0.2) is 5.06 Å². The van der Waals surface area contributed by atoms with Crippen LogP contribution in [0.2, 0.25) is 4.34 Å². The number of halogens is 1. The van der Waals surface area contributed by atoms with Gasteiger partial charge in [0.1, 0.15) is 5.54 Å². The van der Waals surface area contributed by atoms with Crippen molar-refractivity contribution in [2.75, 3.05) is 18.4 Å². The third-order valence-corrected chi connectivity index (χ3v) is 6.70. The van der Waals surface area contributed by atoms with Crippen molar-refractivity contribution in [2.45, 2.75) is 51.1 Å². The van der Waals surface area contributed by atoms with Crippen molar-refractivity contribution in [3.8, 4) is 5.06 Å². The van der Waals surface area contributed by atoms with Gasteiger partial charge in [0.25, 0.3) is 0 Å². The molecule has 0 bridgehead atoms. The van der Waals surface area contributed by atoms with Crippen LogP contribution in [0.5, 0.6) is 5.06 Å². The van der Waals surface area contributed by atoms with E-state index in [0.29, 0.717) is 9.40 Å². The van der Waals surface area contributed by atoms with E-state index >= 15 is 0 Å². The molecule has 1 fully saturated rings. The molecule has 30 heavy (non-hydrogen) atoms. The number of hydrogen-bond donors (Lipinski definition) is 2. The fourth-order valence-electron chi connectivity index (χ4n) is 3.69. The highest BCUT2D eigenvalue weighted by Crippen LogP contribution is 2.30. The van der Waals surface area contributed by atoms with Crippen LogP contribution in [0.4, 0.5) is 10.5 Å². The van der Waals surface area contributed by atoms with Crippen molar-refractivity contribution in [1.82, 2.24) is 10.2 Å². The predicted molar refractivity (Wildman–Crippen MR) is 120 cm³/mol. The van der Waals surface area contributed by atoms with E-state index in [1.54, 1.807) is 26.0 Å². The van der Waals surface area contributed by atoms with Gasteiger partial charge in [0.2, 0.25) is 5.91 Å². The van der Waals surface area contributed by atoms with Crippen molar-refractivity contribution in [1.29, 1.82) is 0 Å². The van der Waals surface area contributed by atoms with Gasteiger partial charge in [-0.3, -0.25) is 9.69 Å². The second-order valence-electron chi connectivity index (χ2n) is 8.40. The fraction of sp³-hybridized carbons (Fsp3) is 0.455. The number of thiophene rings is 1. The van der Waals surface area contributed by atoms with Crippen LogP contribution in [-0.4, -0.2) is 41.6 Å². The molecular formula is C22H26ClN3O3S. The van der Waals surface area contributed by atoms with Gasteiger partial charge in [-0.2, -0.15) is 0 Å². The second-order valence-corrected chi connectivity index (χ2v) is 10.1. The van der Waals surface area contributed by atoms with E-state index in [4.69, 9.17) is 16.3 Å². The Morgan fingerprint density at radius 3 is 2.53 bits per heavy atom. The smallest absolute Gasteiger partial charge is 0.399 e. The number of nitrogens with zero attached hydrogens (tertiary/aromatic N) is 1. The lowest BCUT2D eigenvalue weighted by molar-refractivity contribution is -0.121. The van der Waals surface area contributed by atoms with Gasteiger partial charge in [-0.05, 0) is 74.9 Å². The number of carbonyl (C=O) groups excluding carboxylic acids is 2. The van der Waals surface area contributed by atoms with E-state index in [1.165, 1.54) is 24.0 Å². The van der Waals surface area contributed by atoms with E-state index in [-0.39, 0.29) is 5.91 Å². The first-order valence-electron chi connectivity index (χ1n) is 10.2. The quantitative estimate of drug-likeness (QED) is 0.709. The van der Waals surface area contributed by atoms with E-state index < -0.39 is 11.6 Å². The summed E-state index contributed by atoms with van der Waals surface area (Å²) in [5.41, 5.74) is 2.24. The summed E-state index contributed by atoms with van der Waals surface area (Å²) in [6.07, 6.45) is 3.98. The number of ether oxygens (including phenoxy) is 1. The number of rotatable bonds is 5. The lowest BCUT2D eigenvalue weighted by atomic mass is 10.0. The largest absolute Gasteiger partial charge is 0.414 e. The Morgan fingerprint density at radius 1 is 1.13 bits per heavy atom. The van der Waals surface area contributed by atoms with Crippen LogP contribution in [0, 0.1) is 0 Å². The third-order valence-electron chi connectivity index (χ3n) is 5.59. The summed E-state index contributed by atoms with van der Waals surface area (Å²) in [5, 5.41) is 5.92. The predicted octanol–water partition coefficient (Wildman–Crippen LogP) is 4.47. The van der Waals surface area contributed by atoms with Crippen LogP contribution in [0.15, 0.2) is 30.3 Å². The first kappa shape index (κ1) is 21.2. The van der Waals surface area contributed by atoms with Crippen molar-refractivity contribution in [3.63, 3.8) is 0 Å². The second kappa shape index (κ2) is 8.57. The van der Waals surface area contributed by atoms with Crippen molar-refractivity contribution in [2.24, 2.45) is 0 Å². The summed E-state index contributed by atoms with van der Waals surface area (Å²) in [4.78, 5) is 27.5. The Morgan fingerprint density at radius 2 is 1.87 bits per heavy atom. The van der Waals surface area contributed by atoms with Crippen LogP contribution < -0.4 is 15.4 Å². The first-order chi connectivity index (χ1) is 14.3. The highest BCUT2D eigenvalue weighted by molar-refractivity contribution is 7.17. The highest BCUT2D eigenvalue weighted by atomic mass is 35.5. The maximum absolute atomic E-state index is 12.8. The topological polar surface area (TPSA) is 70.7 Å². The number of amides is 2. The van der Waals surface area contributed by atoms with Gasteiger partial charge in [0, 0.05) is 24.8 Å². The lowest BCUT2D eigenvalue weighted by Gasteiger charge is -2.24. The molecule has 4 rings (SSSR count). The first-order valence-corrected chi connectivity index (χ1v) is 11.4. The van der Waals surface area contributed by atoms with Gasteiger partial charge in [-0.15, -0.1) is 0 Å². The molecule has 6 nitrogen and oxygen atoms in total. The molecule has 0 radical (unpaired) electrons. The monoisotopic (exact) mass is 447 g/mol. The normalized spacial score (nSPS) is 17.0. The molecule has 2 aliphatic rings. The summed E-state index contributed by atoms with van der Waals surface area (Å²) in [7, 11) is 0. The molecule has 160 valence electrons. The number of benzene rings is 1. The van der Waals surface area contributed by atoms with Gasteiger partial charge in [0.05, 0.1) is 4.34 Å². The molecule has 0 unspecified atom stereocenters. The van der Waals surface area contributed by atoms with Crippen molar-refractivity contribution >= 4 is 40.6 Å². The van der Waals surface area contributed by atoms with Crippen molar-refractivity contribution in [3.05, 3.63) is 45.8 Å². The van der Waals surface area contributed by atoms with Gasteiger partial charge in [-0.25, -0.2) is 4.79 Å². The van der Waals surface area contributed by atoms with E-state index in [2.05, 4.69) is 27.7 Å². The molecule has 0 atom stereocenters. The summed E-state index contributed by atoms with van der Waals surface area (Å²) < 4.78 is 5.72. The van der Waals surface area contributed by atoms with Crippen LogP contribution in [-0.2, 0) is 17.6 Å². The van der Waals surface area contributed by atoms with Crippen LogP contribution in [0.3, 0.4) is 0 Å². The number of nitrogens with one attached hydrogen (secondary N) is 2.